The summed E-state index contributed by atoms with van der Waals surface area (Å²) < 4.78 is 38.7. The molecule has 0 bridgehead atoms. The van der Waals surface area contributed by atoms with Gasteiger partial charge in [0.2, 0.25) is 5.88 Å². The van der Waals surface area contributed by atoms with E-state index >= 15 is 0 Å². The fraction of sp³-hybridized carbons (Fsp3) is 0.150. The maximum atomic E-state index is 12.6. The molecular weight excluding hydrogens is 524 g/mol. The van der Waals surface area contributed by atoms with Gasteiger partial charge in [-0.15, -0.1) is 0 Å². The maximum Gasteiger partial charge on any atom is 0.265 e. The minimum absolute atomic E-state index is 0.0116. The van der Waals surface area contributed by atoms with E-state index in [2.05, 4.69) is 35.9 Å². The molecule has 1 amide bonds. The van der Waals surface area contributed by atoms with Crippen molar-refractivity contribution >= 4 is 55.0 Å². The fourth-order valence-corrected chi connectivity index (χ4v) is 4.25. The van der Waals surface area contributed by atoms with Gasteiger partial charge in [-0.25, -0.2) is 18.4 Å². The molecule has 3 rings (SSSR count). The van der Waals surface area contributed by atoms with Crippen LogP contribution in [0.3, 0.4) is 0 Å². The summed E-state index contributed by atoms with van der Waals surface area (Å²) in [6.07, 6.45) is 0.367. The number of rotatable bonds is 8. The fourth-order valence-electron chi connectivity index (χ4n) is 2.48. The molecule has 0 saturated heterocycles. The van der Waals surface area contributed by atoms with E-state index in [1.54, 1.807) is 25.1 Å². The van der Waals surface area contributed by atoms with E-state index in [0.717, 1.165) is 0 Å². The summed E-state index contributed by atoms with van der Waals surface area (Å²) >= 11 is 9.23. The molecule has 0 radical (unpaired) electrons. The Morgan fingerprint density at radius 1 is 1.12 bits per heavy atom. The Morgan fingerprint density at radius 2 is 1.84 bits per heavy atom. The number of methoxy groups -OCH3 is 1. The molecule has 1 atom stereocenters. The zero-order valence-corrected chi connectivity index (χ0v) is 20.0. The minimum atomic E-state index is -3.90. The first-order valence-corrected chi connectivity index (χ1v) is 11.7. The average Bonchev–Trinajstić information content (AvgIpc) is 2.75. The molecule has 0 aliphatic rings. The zero-order chi connectivity index (χ0) is 23.3. The zero-order valence-electron chi connectivity index (χ0n) is 16.9. The first-order chi connectivity index (χ1) is 15.2. The van der Waals surface area contributed by atoms with Crippen LogP contribution < -0.4 is 19.5 Å². The third kappa shape index (κ3) is 6.09. The van der Waals surface area contributed by atoms with Gasteiger partial charge in [0, 0.05) is 16.8 Å². The Hall–Kier alpha value is -2.89. The van der Waals surface area contributed by atoms with E-state index in [1.165, 1.54) is 43.8 Å². The van der Waals surface area contributed by atoms with E-state index in [0.29, 0.717) is 20.9 Å². The Balaban J connectivity index is 1.64. The van der Waals surface area contributed by atoms with Crippen molar-refractivity contribution < 1.29 is 22.7 Å². The summed E-state index contributed by atoms with van der Waals surface area (Å²) in [5, 5.41) is 3.21. The van der Waals surface area contributed by atoms with Crippen molar-refractivity contribution in [1.29, 1.82) is 0 Å². The highest BCUT2D eigenvalue weighted by atomic mass is 79.9. The van der Waals surface area contributed by atoms with Crippen molar-refractivity contribution in [3.63, 3.8) is 0 Å². The van der Waals surface area contributed by atoms with Gasteiger partial charge < -0.3 is 14.8 Å². The summed E-state index contributed by atoms with van der Waals surface area (Å²) in [7, 11) is -2.49. The lowest BCUT2D eigenvalue weighted by Crippen LogP contribution is -2.30. The predicted molar refractivity (Wildman–Crippen MR) is 124 cm³/mol. The van der Waals surface area contributed by atoms with Gasteiger partial charge in [-0.2, -0.15) is 0 Å². The van der Waals surface area contributed by atoms with Crippen molar-refractivity contribution in [2.24, 2.45) is 0 Å². The normalized spacial score (nSPS) is 12.0. The maximum absolute atomic E-state index is 12.6. The number of nitrogens with zero attached hydrogens (tertiary/aromatic N) is 2. The number of hydrogen-bond donors (Lipinski definition) is 2. The number of carbonyl (C=O) groups excluding carboxylic acids is 1. The molecule has 0 fully saturated rings. The quantitative estimate of drug-likeness (QED) is 0.440. The largest absolute Gasteiger partial charge is 0.481 e. The lowest BCUT2D eigenvalue weighted by atomic mass is 10.3. The van der Waals surface area contributed by atoms with Gasteiger partial charge in [0.05, 0.1) is 16.5 Å². The summed E-state index contributed by atoms with van der Waals surface area (Å²) in [5.41, 5.74) is 0.406. The van der Waals surface area contributed by atoms with Crippen LogP contribution in [0.5, 0.6) is 11.6 Å². The Kier molecular flexibility index (Phi) is 7.54. The molecule has 0 saturated carbocycles. The number of hydrogen-bond acceptors (Lipinski definition) is 7. The Bertz CT molecular complexity index is 1220. The van der Waals surface area contributed by atoms with Crippen molar-refractivity contribution in [2.75, 3.05) is 17.1 Å². The second-order valence-corrected chi connectivity index (χ2v) is 9.37. The molecule has 1 aromatic heterocycles. The summed E-state index contributed by atoms with van der Waals surface area (Å²) in [4.78, 5) is 20.1. The monoisotopic (exact) mass is 540 g/mol. The van der Waals surface area contributed by atoms with Gasteiger partial charge in [0.1, 0.15) is 17.9 Å². The van der Waals surface area contributed by atoms with Gasteiger partial charge in [0.25, 0.3) is 15.9 Å². The highest BCUT2D eigenvalue weighted by molar-refractivity contribution is 9.10. The number of benzene rings is 2. The minimum Gasteiger partial charge on any atom is -0.481 e. The van der Waals surface area contributed by atoms with Gasteiger partial charge in [-0.05, 0) is 65.3 Å². The molecule has 168 valence electrons. The van der Waals surface area contributed by atoms with Crippen LogP contribution >= 0.6 is 27.5 Å². The molecule has 2 aromatic carbocycles. The van der Waals surface area contributed by atoms with Gasteiger partial charge >= 0.3 is 0 Å². The number of sulfonamides is 1. The summed E-state index contributed by atoms with van der Waals surface area (Å²) in [6.45, 7) is 1.59. The van der Waals surface area contributed by atoms with E-state index in [9.17, 15) is 13.2 Å². The topological polar surface area (TPSA) is 120 Å². The number of carbonyl (C=O) groups is 1. The van der Waals surface area contributed by atoms with Crippen LogP contribution in [-0.4, -0.2) is 37.5 Å². The molecule has 0 spiro atoms. The van der Waals surface area contributed by atoms with Crippen LogP contribution in [0.15, 0.2) is 64.2 Å². The van der Waals surface area contributed by atoms with E-state index in [1.807, 2.05) is 0 Å². The standard InChI is InChI=1S/C20H18BrClN4O5S/c1-12(31-17-8-3-13(22)9-16(17)21)20(27)25-14-4-6-15(7-5-14)32(28,29)26-18-10-19(30-2)24-11-23-18/h3-12H,1-2H3,(H,25,27)(H,23,24,26). The number of halogens is 2. The second-order valence-electron chi connectivity index (χ2n) is 6.40. The van der Waals surface area contributed by atoms with E-state index in [4.69, 9.17) is 21.1 Å². The van der Waals surface area contributed by atoms with Crippen LogP contribution in [0, 0.1) is 0 Å². The number of aromatic nitrogens is 2. The summed E-state index contributed by atoms with van der Waals surface area (Å²) in [5.74, 6) is 0.339. The van der Waals surface area contributed by atoms with Crippen molar-refractivity contribution in [3.05, 3.63) is 64.4 Å². The van der Waals surface area contributed by atoms with Crippen molar-refractivity contribution in [1.82, 2.24) is 9.97 Å². The number of amides is 1. The van der Waals surface area contributed by atoms with Crippen LogP contribution in [-0.2, 0) is 14.8 Å². The smallest absolute Gasteiger partial charge is 0.265 e. The van der Waals surface area contributed by atoms with E-state index in [-0.39, 0.29) is 16.6 Å². The molecule has 1 unspecified atom stereocenters. The lowest BCUT2D eigenvalue weighted by molar-refractivity contribution is -0.122. The Morgan fingerprint density at radius 3 is 2.50 bits per heavy atom. The lowest BCUT2D eigenvalue weighted by Gasteiger charge is -2.16. The third-order valence-corrected chi connectivity index (χ3v) is 6.31. The van der Waals surface area contributed by atoms with Crippen molar-refractivity contribution in [3.8, 4) is 11.6 Å². The molecule has 32 heavy (non-hydrogen) atoms. The molecule has 3 aromatic rings. The van der Waals surface area contributed by atoms with Crippen LogP contribution in [0.25, 0.3) is 0 Å². The van der Waals surface area contributed by atoms with Crippen molar-refractivity contribution in [2.45, 2.75) is 17.9 Å². The highest BCUT2D eigenvalue weighted by Crippen LogP contribution is 2.29. The number of anilines is 2. The molecule has 0 aliphatic carbocycles. The van der Waals surface area contributed by atoms with E-state index < -0.39 is 22.0 Å². The van der Waals surface area contributed by atoms with Crippen LogP contribution in [0.2, 0.25) is 5.02 Å². The SMILES string of the molecule is COc1cc(NS(=O)(=O)c2ccc(NC(=O)C(C)Oc3ccc(Cl)cc3Br)cc2)ncn1. The molecule has 0 aliphatic heterocycles. The average molecular weight is 542 g/mol. The van der Waals surface area contributed by atoms with Gasteiger partial charge in [0.15, 0.2) is 6.10 Å². The second kappa shape index (κ2) is 10.2. The van der Waals surface area contributed by atoms with Gasteiger partial charge in [-0.1, -0.05) is 11.6 Å². The molecule has 9 nitrogen and oxygen atoms in total. The molecule has 12 heteroatoms. The molecular formula is C20H18BrClN4O5S. The van der Waals surface area contributed by atoms with Gasteiger partial charge in [-0.3, -0.25) is 9.52 Å². The van der Waals surface area contributed by atoms with Crippen LogP contribution in [0.4, 0.5) is 11.5 Å². The molecule has 2 N–H and O–H groups in total. The van der Waals surface area contributed by atoms with Crippen LogP contribution in [0.1, 0.15) is 6.92 Å². The number of nitrogens with one attached hydrogen (secondary N) is 2. The number of ether oxygens (including phenoxy) is 2. The molecule has 1 heterocycles. The first-order valence-electron chi connectivity index (χ1n) is 9.09. The Labute approximate surface area is 198 Å². The predicted octanol–water partition coefficient (Wildman–Crippen LogP) is 4.11. The third-order valence-electron chi connectivity index (χ3n) is 4.09. The first kappa shape index (κ1) is 23.8. The summed E-state index contributed by atoms with van der Waals surface area (Å²) in [6, 6.07) is 12.0. The highest BCUT2D eigenvalue weighted by Gasteiger charge is 2.18.